The van der Waals surface area contributed by atoms with Gasteiger partial charge in [0, 0.05) is 25.7 Å². The molecular weight excluding hydrogens is 208 g/mol. The Morgan fingerprint density at radius 3 is 2.47 bits per heavy atom. The summed E-state index contributed by atoms with van der Waals surface area (Å²) in [5, 5.41) is 3.50. The van der Waals surface area contributed by atoms with Gasteiger partial charge in [0.1, 0.15) is 0 Å². The minimum absolute atomic E-state index is 0.720. The summed E-state index contributed by atoms with van der Waals surface area (Å²) < 4.78 is 0. The summed E-state index contributed by atoms with van der Waals surface area (Å²) in [5.74, 6) is 2.72. The van der Waals surface area contributed by atoms with Crippen molar-refractivity contribution < 1.29 is 0 Å². The molecule has 2 fully saturated rings. The molecule has 0 aromatic carbocycles. The van der Waals surface area contributed by atoms with Gasteiger partial charge in [-0.3, -0.25) is 0 Å². The fourth-order valence-electron chi connectivity index (χ4n) is 3.63. The number of rotatable bonds is 4. The molecule has 2 atom stereocenters. The first kappa shape index (κ1) is 13.4. The second kappa shape index (κ2) is 6.19. The molecule has 2 aliphatic rings. The van der Waals surface area contributed by atoms with Gasteiger partial charge in [-0.1, -0.05) is 26.7 Å². The van der Waals surface area contributed by atoms with Gasteiger partial charge in [-0.25, -0.2) is 0 Å². The molecule has 1 heterocycles. The highest BCUT2D eigenvalue weighted by molar-refractivity contribution is 4.85. The third-order valence-electron chi connectivity index (χ3n) is 4.90. The molecule has 0 aromatic rings. The van der Waals surface area contributed by atoms with Crippen molar-refractivity contribution in [2.75, 3.05) is 26.7 Å². The van der Waals surface area contributed by atoms with Crippen molar-refractivity contribution >= 4 is 0 Å². The van der Waals surface area contributed by atoms with E-state index in [0.29, 0.717) is 0 Å². The lowest BCUT2D eigenvalue weighted by Gasteiger charge is -2.40. The predicted octanol–water partition coefficient (Wildman–Crippen LogP) is 2.74. The molecule has 0 aromatic heterocycles. The van der Waals surface area contributed by atoms with Crippen molar-refractivity contribution in [2.24, 2.45) is 17.8 Å². The third kappa shape index (κ3) is 3.69. The molecule has 0 bridgehead atoms. The summed E-state index contributed by atoms with van der Waals surface area (Å²) in [5.41, 5.74) is 0. The van der Waals surface area contributed by atoms with Gasteiger partial charge < -0.3 is 10.2 Å². The van der Waals surface area contributed by atoms with Crippen molar-refractivity contribution in [1.29, 1.82) is 0 Å². The molecule has 2 rings (SSSR count). The number of likely N-dealkylation sites (tertiary alicyclic amines) is 1. The monoisotopic (exact) mass is 238 g/mol. The Labute approximate surface area is 107 Å². The molecule has 0 radical (unpaired) electrons. The van der Waals surface area contributed by atoms with Gasteiger partial charge in [-0.05, 0) is 44.1 Å². The van der Waals surface area contributed by atoms with E-state index < -0.39 is 0 Å². The minimum atomic E-state index is 0.720. The van der Waals surface area contributed by atoms with Crippen LogP contribution in [-0.4, -0.2) is 37.6 Å². The fourth-order valence-corrected chi connectivity index (χ4v) is 3.63. The van der Waals surface area contributed by atoms with Crippen LogP contribution >= 0.6 is 0 Å². The number of hydrogen-bond acceptors (Lipinski definition) is 2. The van der Waals surface area contributed by atoms with E-state index in [1.54, 1.807) is 0 Å². The maximum atomic E-state index is 3.50. The second-order valence-electron chi connectivity index (χ2n) is 6.59. The van der Waals surface area contributed by atoms with Gasteiger partial charge in [-0.2, -0.15) is 0 Å². The number of hydrogen-bond donors (Lipinski definition) is 1. The predicted molar refractivity (Wildman–Crippen MR) is 74.2 cm³/mol. The highest BCUT2D eigenvalue weighted by Crippen LogP contribution is 2.29. The summed E-state index contributed by atoms with van der Waals surface area (Å²) in [6.07, 6.45) is 7.28. The van der Waals surface area contributed by atoms with Gasteiger partial charge in [0.25, 0.3) is 0 Å². The normalized spacial score (nSPS) is 32.5. The van der Waals surface area contributed by atoms with Gasteiger partial charge in [0.05, 0.1) is 0 Å². The van der Waals surface area contributed by atoms with Crippen molar-refractivity contribution in [3.63, 3.8) is 0 Å². The zero-order valence-corrected chi connectivity index (χ0v) is 11.9. The highest BCUT2D eigenvalue weighted by atomic mass is 15.2. The molecule has 1 aliphatic heterocycles. The van der Waals surface area contributed by atoms with Crippen LogP contribution in [-0.2, 0) is 0 Å². The third-order valence-corrected chi connectivity index (χ3v) is 4.90. The Balaban J connectivity index is 1.86. The largest absolute Gasteiger partial charge is 0.316 e. The molecule has 2 heteroatoms. The lowest BCUT2D eigenvalue weighted by Crippen LogP contribution is -2.50. The lowest BCUT2D eigenvalue weighted by molar-refractivity contribution is 0.104. The van der Waals surface area contributed by atoms with Crippen LogP contribution in [0.3, 0.4) is 0 Å². The molecule has 1 N–H and O–H groups in total. The summed E-state index contributed by atoms with van der Waals surface area (Å²) in [6.45, 7) is 8.75. The first-order chi connectivity index (χ1) is 8.19. The van der Waals surface area contributed by atoms with Crippen LogP contribution in [0.2, 0.25) is 0 Å². The molecule has 1 aliphatic carbocycles. The Morgan fingerprint density at radius 1 is 1.18 bits per heavy atom. The Morgan fingerprint density at radius 2 is 1.88 bits per heavy atom. The summed E-state index contributed by atoms with van der Waals surface area (Å²) >= 11 is 0. The molecule has 2 unspecified atom stereocenters. The van der Waals surface area contributed by atoms with Crippen LogP contribution in [0.5, 0.6) is 0 Å². The van der Waals surface area contributed by atoms with Crippen molar-refractivity contribution in [3.05, 3.63) is 0 Å². The maximum absolute atomic E-state index is 3.50. The van der Waals surface area contributed by atoms with E-state index in [1.807, 2.05) is 0 Å². The number of piperidine rings is 1. The van der Waals surface area contributed by atoms with Crippen LogP contribution < -0.4 is 5.32 Å². The van der Waals surface area contributed by atoms with Gasteiger partial charge in [0.2, 0.25) is 0 Å². The molecule has 1 saturated carbocycles. The quantitative estimate of drug-likeness (QED) is 0.810. The van der Waals surface area contributed by atoms with Crippen LogP contribution in [0.4, 0.5) is 0 Å². The van der Waals surface area contributed by atoms with Crippen LogP contribution in [0.1, 0.15) is 46.0 Å². The lowest BCUT2D eigenvalue weighted by atomic mass is 9.85. The highest BCUT2D eigenvalue weighted by Gasteiger charge is 2.29. The average Bonchev–Trinajstić information content (AvgIpc) is 2.81. The summed E-state index contributed by atoms with van der Waals surface area (Å²) in [4.78, 5) is 2.74. The minimum Gasteiger partial charge on any atom is -0.316 e. The Kier molecular flexibility index (Phi) is 4.87. The Hall–Kier alpha value is -0.0800. The first-order valence-corrected chi connectivity index (χ1v) is 7.58. The van der Waals surface area contributed by atoms with E-state index in [1.165, 1.54) is 51.7 Å². The standard InChI is InChI=1S/C15H30N2/c1-12(2)14-8-15(16-3)11-17(10-14)9-13-6-4-5-7-13/h12-16H,4-11H2,1-3H3. The molecule has 100 valence electrons. The smallest absolute Gasteiger partial charge is 0.0195 e. The van der Waals surface area contributed by atoms with E-state index >= 15 is 0 Å². The van der Waals surface area contributed by atoms with Gasteiger partial charge in [0.15, 0.2) is 0 Å². The Bertz CT molecular complexity index is 219. The molecule has 0 amide bonds. The second-order valence-corrected chi connectivity index (χ2v) is 6.59. The van der Waals surface area contributed by atoms with Crippen molar-refractivity contribution in [2.45, 2.75) is 52.0 Å². The number of nitrogens with zero attached hydrogens (tertiary/aromatic N) is 1. The topological polar surface area (TPSA) is 15.3 Å². The van der Waals surface area contributed by atoms with E-state index in [2.05, 4.69) is 31.1 Å². The van der Waals surface area contributed by atoms with E-state index in [0.717, 1.165) is 23.8 Å². The van der Waals surface area contributed by atoms with Crippen LogP contribution in [0.25, 0.3) is 0 Å². The zero-order chi connectivity index (χ0) is 12.3. The SMILES string of the molecule is CNC1CC(C(C)C)CN(CC2CCCC2)C1. The molecule has 17 heavy (non-hydrogen) atoms. The van der Waals surface area contributed by atoms with E-state index in [-0.39, 0.29) is 0 Å². The molecular formula is C15H30N2. The average molecular weight is 238 g/mol. The van der Waals surface area contributed by atoms with Gasteiger partial charge >= 0.3 is 0 Å². The van der Waals surface area contributed by atoms with E-state index in [9.17, 15) is 0 Å². The first-order valence-electron chi connectivity index (χ1n) is 7.58. The molecule has 2 nitrogen and oxygen atoms in total. The maximum Gasteiger partial charge on any atom is 0.0195 e. The van der Waals surface area contributed by atoms with Gasteiger partial charge in [-0.15, -0.1) is 0 Å². The summed E-state index contributed by atoms with van der Waals surface area (Å²) in [7, 11) is 2.13. The summed E-state index contributed by atoms with van der Waals surface area (Å²) in [6, 6.07) is 0.720. The zero-order valence-electron chi connectivity index (χ0n) is 11.9. The number of nitrogens with one attached hydrogen (secondary N) is 1. The molecule has 0 spiro atoms. The van der Waals surface area contributed by atoms with Crippen molar-refractivity contribution in [3.8, 4) is 0 Å². The number of likely N-dealkylation sites (N-methyl/N-ethyl adjacent to an activating group) is 1. The van der Waals surface area contributed by atoms with Crippen molar-refractivity contribution in [1.82, 2.24) is 10.2 Å². The van der Waals surface area contributed by atoms with E-state index in [4.69, 9.17) is 0 Å². The molecule has 1 saturated heterocycles. The van der Waals surface area contributed by atoms with Crippen LogP contribution in [0, 0.1) is 17.8 Å². The van der Waals surface area contributed by atoms with Crippen LogP contribution in [0.15, 0.2) is 0 Å². The fraction of sp³-hybridized carbons (Fsp3) is 1.00.